The van der Waals surface area contributed by atoms with Crippen LogP contribution in [0.4, 0.5) is 5.69 Å². The number of hydrogen-bond acceptors (Lipinski definition) is 1. The highest BCUT2D eigenvalue weighted by Crippen LogP contribution is 2.56. The van der Waals surface area contributed by atoms with E-state index in [9.17, 15) is 0 Å². The summed E-state index contributed by atoms with van der Waals surface area (Å²) in [6.45, 7) is 4.82. The normalized spacial score (nSPS) is 20.9. The van der Waals surface area contributed by atoms with Crippen molar-refractivity contribution in [1.29, 1.82) is 0 Å². The van der Waals surface area contributed by atoms with Crippen LogP contribution in [0.2, 0.25) is 0 Å². The zero-order valence-electron chi connectivity index (χ0n) is 27.4. The molecule has 2 N–H and O–H groups in total. The number of quaternary nitrogens is 1. The molecule has 3 atom stereocenters. The molecule has 0 radical (unpaired) electrons. The average molecular weight is 621 g/mol. The SMILES string of the molecule is CC1(C)c2ccccc2-c2c1c1c3ccccc3n(-c3ccc([NH+]4C(C5=CCCC=C5)NC4c4ccccc4)cc3)c1c1ccccc21. The van der Waals surface area contributed by atoms with Gasteiger partial charge in [0.25, 0.3) is 0 Å². The molecular weight excluding hydrogens is 583 g/mol. The van der Waals surface area contributed by atoms with Gasteiger partial charge < -0.3 is 4.57 Å². The smallest absolute Gasteiger partial charge is 0.178 e. The van der Waals surface area contributed by atoms with Gasteiger partial charge in [0.05, 0.1) is 11.0 Å². The molecule has 0 spiro atoms. The van der Waals surface area contributed by atoms with Gasteiger partial charge in [-0.25, -0.2) is 5.32 Å². The zero-order valence-corrected chi connectivity index (χ0v) is 27.4. The van der Waals surface area contributed by atoms with Gasteiger partial charge in [-0.2, -0.15) is 0 Å². The second kappa shape index (κ2) is 10.4. The zero-order chi connectivity index (χ0) is 32.0. The van der Waals surface area contributed by atoms with Crippen LogP contribution in [0.15, 0.2) is 151 Å². The molecule has 3 nitrogen and oxygen atoms in total. The topological polar surface area (TPSA) is 21.4 Å². The molecule has 6 aromatic carbocycles. The van der Waals surface area contributed by atoms with Crippen molar-refractivity contribution in [2.24, 2.45) is 0 Å². The van der Waals surface area contributed by atoms with Crippen LogP contribution in [-0.4, -0.2) is 10.7 Å². The van der Waals surface area contributed by atoms with Crippen molar-refractivity contribution in [3.8, 4) is 16.8 Å². The Hall–Kier alpha value is -5.22. The molecule has 10 rings (SSSR count). The molecule has 0 bridgehead atoms. The molecule has 2 heterocycles. The minimum Gasteiger partial charge on any atom is -0.309 e. The maximum atomic E-state index is 3.90. The molecular formula is C45H38N3+. The van der Waals surface area contributed by atoms with Crippen molar-refractivity contribution in [3.05, 3.63) is 168 Å². The molecule has 232 valence electrons. The van der Waals surface area contributed by atoms with E-state index in [1.54, 1.807) is 0 Å². The molecule has 7 aromatic rings. The Morgan fingerprint density at radius 1 is 0.688 bits per heavy atom. The second-order valence-corrected chi connectivity index (χ2v) is 14.2. The van der Waals surface area contributed by atoms with E-state index < -0.39 is 0 Å². The number of nitrogens with one attached hydrogen (secondary N) is 2. The van der Waals surface area contributed by atoms with Crippen molar-refractivity contribution >= 4 is 38.3 Å². The predicted molar refractivity (Wildman–Crippen MR) is 199 cm³/mol. The summed E-state index contributed by atoms with van der Waals surface area (Å²) in [5.41, 5.74) is 13.3. The molecule has 0 saturated carbocycles. The van der Waals surface area contributed by atoms with Crippen molar-refractivity contribution < 1.29 is 4.90 Å². The number of nitrogens with zero attached hydrogens (tertiary/aromatic N) is 1. The molecule has 3 aliphatic rings. The third kappa shape index (κ3) is 3.83. The summed E-state index contributed by atoms with van der Waals surface area (Å²) in [5.74, 6) is 0. The first kappa shape index (κ1) is 27.9. The molecule has 3 heteroatoms. The molecule has 0 amide bonds. The van der Waals surface area contributed by atoms with E-state index in [0.717, 1.165) is 12.8 Å². The predicted octanol–water partition coefficient (Wildman–Crippen LogP) is 9.66. The van der Waals surface area contributed by atoms with Gasteiger partial charge in [0, 0.05) is 50.5 Å². The highest BCUT2D eigenvalue weighted by molar-refractivity contribution is 6.25. The Balaban J connectivity index is 1.19. The summed E-state index contributed by atoms with van der Waals surface area (Å²) in [6.07, 6.45) is 9.73. The van der Waals surface area contributed by atoms with Gasteiger partial charge in [0.15, 0.2) is 12.3 Å². The summed E-state index contributed by atoms with van der Waals surface area (Å²) < 4.78 is 2.53. The van der Waals surface area contributed by atoms with E-state index in [4.69, 9.17) is 0 Å². The number of para-hydroxylation sites is 1. The third-order valence-electron chi connectivity index (χ3n) is 11.2. The molecule has 1 saturated heterocycles. The maximum Gasteiger partial charge on any atom is 0.178 e. The molecule has 2 aliphatic carbocycles. The van der Waals surface area contributed by atoms with Crippen LogP contribution in [0.25, 0.3) is 49.4 Å². The minimum atomic E-state index is -0.120. The van der Waals surface area contributed by atoms with E-state index >= 15 is 0 Å². The number of allylic oxidation sites excluding steroid dienone is 2. The average Bonchev–Trinajstić information content (AvgIpc) is 3.59. The Morgan fingerprint density at radius 2 is 1.40 bits per heavy atom. The monoisotopic (exact) mass is 620 g/mol. The van der Waals surface area contributed by atoms with E-state index in [1.165, 1.54) is 82.2 Å². The van der Waals surface area contributed by atoms with Crippen LogP contribution >= 0.6 is 0 Å². The van der Waals surface area contributed by atoms with Crippen molar-refractivity contribution in [2.75, 3.05) is 0 Å². The van der Waals surface area contributed by atoms with E-state index in [2.05, 4.69) is 169 Å². The number of hydrogen-bond donors (Lipinski definition) is 2. The lowest BCUT2D eigenvalue weighted by atomic mass is 9.79. The number of aromatic nitrogens is 1. The first-order chi connectivity index (χ1) is 23.6. The first-order valence-electron chi connectivity index (χ1n) is 17.3. The number of fused-ring (bicyclic) bond motifs is 10. The molecule has 1 aliphatic heterocycles. The van der Waals surface area contributed by atoms with Gasteiger partial charge in [0.2, 0.25) is 0 Å². The summed E-state index contributed by atoms with van der Waals surface area (Å²) >= 11 is 0. The fraction of sp³-hybridized carbons (Fsp3) is 0.156. The van der Waals surface area contributed by atoms with Crippen LogP contribution in [-0.2, 0) is 5.41 Å². The quantitative estimate of drug-likeness (QED) is 0.201. The Bertz CT molecular complexity index is 2460. The van der Waals surface area contributed by atoms with Crippen LogP contribution in [0.5, 0.6) is 0 Å². The molecule has 1 fully saturated rings. The maximum absolute atomic E-state index is 3.90. The largest absolute Gasteiger partial charge is 0.309 e. The Morgan fingerprint density at radius 3 is 2.19 bits per heavy atom. The second-order valence-electron chi connectivity index (χ2n) is 14.2. The van der Waals surface area contributed by atoms with Gasteiger partial charge in [0.1, 0.15) is 5.69 Å². The molecule has 1 aromatic heterocycles. The van der Waals surface area contributed by atoms with Gasteiger partial charge in [-0.3, -0.25) is 4.90 Å². The van der Waals surface area contributed by atoms with Gasteiger partial charge >= 0.3 is 0 Å². The standard InChI is InChI=1S/C45H37N3/c1-45(2)37-23-13-11-21-35(37)39-33-19-9-10-20-34(33)42-40(41(39)45)36-22-12-14-24-38(36)47(42)31-25-27-32(28-26-31)48-43(29-15-5-3-6-16-29)46-44(48)30-17-7-4-8-18-30/h3,5-7,9-28,43-44,46H,4,8H2,1-2H3/p+1. The minimum absolute atomic E-state index is 0.120. The van der Waals surface area contributed by atoms with Gasteiger partial charge in [-0.15, -0.1) is 0 Å². The van der Waals surface area contributed by atoms with Crippen molar-refractivity contribution in [2.45, 2.75) is 44.4 Å². The third-order valence-corrected chi connectivity index (χ3v) is 11.2. The van der Waals surface area contributed by atoms with E-state index in [1.807, 2.05) is 0 Å². The lowest BCUT2D eigenvalue weighted by Gasteiger charge is -2.46. The fourth-order valence-electron chi connectivity index (χ4n) is 9.07. The Labute approximate surface area is 281 Å². The van der Waals surface area contributed by atoms with Gasteiger partial charge in [-0.1, -0.05) is 129 Å². The van der Waals surface area contributed by atoms with Gasteiger partial charge in [-0.05, 0) is 58.7 Å². The summed E-state index contributed by atoms with van der Waals surface area (Å²) in [7, 11) is 0. The van der Waals surface area contributed by atoms with Crippen LogP contribution in [0.3, 0.4) is 0 Å². The summed E-state index contributed by atoms with van der Waals surface area (Å²) in [6, 6.07) is 47.4. The van der Waals surface area contributed by atoms with Crippen LogP contribution < -0.4 is 10.2 Å². The highest BCUT2D eigenvalue weighted by Gasteiger charge is 2.46. The molecule has 48 heavy (non-hydrogen) atoms. The van der Waals surface area contributed by atoms with E-state index in [-0.39, 0.29) is 17.7 Å². The summed E-state index contributed by atoms with van der Waals surface area (Å²) in [5, 5.41) is 9.23. The summed E-state index contributed by atoms with van der Waals surface area (Å²) in [4.78, 5) is 1.45. The Kier molecular flexibility index (Phi) is 6.03. The molecule has 3 unspecified atom stereocenters. The highest BCUT2D eigenvalue weighted by atomic mass is 15.5. The van der Waals surface area contributed by atoms with Crippen LogP contribution in [0, 0.1) is 0 Å². The lowest BCUT2D eigenvalue weighted by molar-refractivity contribution is -0.948. The number of rotatable bonds is 4. The fourth-order valence-corrected chi connectivity index (χ4v) is 9.07. The number of benzene rings is 6. The van der Waals surface area contributed by atoms with E-state index in [0.29, 0.717) is 0 Å². The lowest BCUT2D eigenvalue weighted by Crippen LogP contribution is -3.23. The first-order valence-corrected chi connectivity index (χ1v) is 17.3. The van der Waals surface area contributed by atoms with Crippen LogP contribution in [0.1, 0.15) is 49.5 Å². The van der Waals surface area contributed by atoms with Crippen molar-refractivity contribution in [1.82, 2.24) is 9.88 Å². The van der Waals surface area contributed by atoms with Crippen molar-refractivity contribution in [3.63, 3.8) is 0 Å².